The summed E-state index contributed by atoms with van der Waals surface area (Å²) in [5.74, 6) is -0.819. The molecule has 0 bridgehead atoms. The number of carboxylic acids is 1. The average Bonchev–Trinajstić information content (AvgIpc) is 2.38. The Balaban J connectivity index is 2.28. The monoisotopic (exact) mass is 235 g/mol. The second-order valence-electron chi connectivity index (χ2n) is 4.11. The standard InChI is InChI=1S/C13H17NO3/c1-2-14-8-9-17-12(11(14)13(15)16)10-6-4-3-5-7-10/h3-7,11-12H,2,8-9H2,1H3,(H,15,16)/t11-,12+/m1/s1. The van der Waals surface area contributed by atoms with Crippen LogP contribution >= 0.6 is 0 Å². The highest BCUT2D eigenvalue weighted by Crippen LogP contribution is 2.28. The van der Waals surface area contributed by atoms with Gasteiger partial charge in [-0.2, -0.15) is 0 Å². The van der Waals surface area contributed by atoms with Crippen molar-refractivity contribution in [3.8, 4) is 0 Å². The van der Waals surface area contributed by atoms with Gasteiger partial charge in [0.2, 0.25) is 0 Å². The van der Waals surface area contributed by atoms with Gasteiger partial charge in [-0.25, -0.2) is 0 Å². The quantitative estimate of drug-likeness (QED) is 0.863. The second kappa shape index (κ2) is 5.29. The Hall–Kier alpha value is -1.39. The Morgan fingerprint density at radius 3 is 2.76 bits per heavy atom. The van der Waals surface area contributed by atoms with Crippen molar-refractivity contribution in [2.75, 3.05) is 19.7 Å². The largest absolute Gasteiger partial charge is 0.480 e. The predicted molar refractivity (Wildman–Crippen MR) is 63.8 cm³/mol. The number of aliphatic carboxylic acids is 1. The summed E-state index contributed by atoms with van der Waals surface area (Å²) in [5.41, 5.74) is 0.929. The van der Waals surface area contributed by atoms with E-state index < -0.39 is 12.0 Å². The Morgan fingerprint density at radius 1 is 1.47 bits per heavy atom. The number of ether oxygens (including phenoxy) is 1. The molecule has 0 radical (unpaired) electrons. The van der Waals surface area contributed by atoms with Crippen LogP contribution in [-0.4, -0.2) is 41.7 Å². The Kier molecular flexibility index (Phi) is 3.76. The van der Waals surface area contributed by atoms with Crippen molar-refractivity contribution < 1.29 is 14.6 Å². The summed E-state index contributed by atoms with van der Waals surface area (Å²) in [6.45, 7) is 3.96. The third-order valence-corrected chi connectivity index (χ3v) is 3.14. The topological polar surface area (TPSA) is 49.8 Å². The fraction of sp³-hybridized carbons (Fsp3) is 0.462. The van der Waals surface area contributed by atoms with Crippen LogP contribution in [-0.2, 0) is 9.53 Å². The van der Waals surface area contributed by atoms with Gasteiger partial charge in [-0.05, 0) is 12.1 Å². The SMILES string of the molecule is CCN1CCO[C@@H](c2ccccc2)[C@@H]1C(=O)O. The summed E-state index contributed by atoms with van der Waals surface area (Å²) in [6.07, 6.45) is -0.373. The first-order valence-corrected chi connectivity index (χ1v) is 5.87. The predicted octanol–water partition coefficient (Wildman–Crippen LogP) is 1.53. The fourth-order valence-electron chi connectivity index (χ4n) is 2.28. The molecule has 0 spiro atoms. The van der Waals surface area contributed by atoms with E-state index in [-0.39, 0.29) is 6.10 Å². The van der Waals surface area contributed by atoms with Crippen molar-refractivity contribution in [2.45, 2.75) is 19.1 Å². The lowest BCUT2D eigenvalue weighted by atomic mass is 9.99. The van der Waals surface area contributed by atoms with Crippen molar-refractivity contribution in [2.24, 2.45) is 0 Å². The Bertz CT molecular complexity index is 380. The highest BCUT2D eigenvalue weighted by Gasteiger charge is 2.37. The van der Waals surface area contributed by atoms with Gasteiger partial charge in [-0.1, -0.05) is 37.3 Å². The number of carbonyl (C=O) groups is 1. The van der Waals surface area contributed by atoms with Gasteiger partial charge in [0, 0.05) is 6.54 Å². The summed E-state index contributed by atoms with van der Waals surface area (Å²) in [5, 5.41) is 9.35. The van der Waals surface area contributed by atoms with E-state index in [4.69, 9.17) is 4.74 Å². The average molecular weight is 235 g/mol. The molecule has 1 aromatic carbocycles. The number of nitrogens with zero attached hydrogens (tertiary/aromatic N) is 1. The number of morpholine rings is 1. The van der Waals surface area contributed by atoms with E-state index in [1.54, 1.807) is 0 Å². The van der Waals surface area contributed by atoms with Crippen LogP contribution in [0.5, 0.6) is 0 Å². The summed E-state index contributed by atoms with van der Waals surface area (Å²) in [4.78, 5) is 13.3. The van der Waals surface area contributed by atoms with Gasteiger partial charge in [0.1, 0.15) is 12.1 Å². The first-order chi connectivity index (χ1) is 8.24. The normalized spacial score (nSPS) is 25.7. The molecule has 17 heavy (non-hydrogen) atoms. The molecule has 4 heteroatoms. The Morgan fingerprint density at radius 2 is 2.18 bits per heavy atom. The molecule has 0 amide bonds. The minimum atomic E-state index is -0.819. The van der Waals surface area contributed by atoms with Crippen LogP contribution in [0.1, 0.15) is 18.6 Å². The number of carboxylic acid groups (broad SMARTS) is 1. The van der Waals surface area contributed by atoms with Gasteiger partial charge in [0.15, 0.2) is 0 Å². The molecule has 2 atom stereocenters. The molecule has 1 heterocycles. The van der Waals surface area contributed by atoms with E-state index in [9.17, 15) is 9.90 Å². The van der Waals surface area contributed by atoms with Gasteiger partial charge in [0.25, 0.3) is 0 Å². The molecule has 0 unspecified atom stereocenters. The summed E-state index contributed by atoms with van der Waals surface area (Å²) < 4.78 is 5.65. The first kappa shape index (κ1) is 12.1. The van der Waals surface area contributed by atoms with Crippen molar-refractivity contribution >= 4 is 5.97 Å². The highest BCUT2D eigenvalue weighted by molar-refractivity contribution is 5.74. The maximum Gasteiger partial charge on any atom is 0.324 e. The molecule has 1 aliphatic heterocycles. The Labute approximate surface area is 101 Å². The molecule has 0 aromatic heterocycles. The van der Waals surface area contributed by atoms with Crippen LogP contribution in [0, 0.1) is 0 Å². The van der Waals surface area contributed by atoms with Crippen molar-refractivity contribution in [3.63, 3.8) is 0 Å². The number of benzene rings is 1. The van der Waals surface area contributed by atoms with Crippen molar-refractivity contribution in [1.82, 2.24) is 4.90 Å². The van der Waals surface area contributed by atoms with Crippen molar-refractivity contribution in [3.05, 3.63) is 35.9 Å². The summed E-state index contributed by atoms with van der Waals surface area (Å²) in [6, 6.07) is 8.97. The van der Waals surface area contributed by atoms with Gasteiger partial charge < -0.3 is 9.84 Å². The lowest BCUT2D eigenvalue weighted by Gasteiger charge is -2.38. The van der Waals surface area contributed by atoms with Crippen LogP contribution in [0.25, 0.3) is 0 Å². The van der Waals surface area contributed by atoms with Crippen LogP contribution in [0.2, 0.25) is 0 Å². The molecule has 4 nitrogen and oxygen atoms in total. The van der Waals surface area contributed by atoms with Gasteiger partial charge in [-0.15, -0.1) is 0 Å². The lowest BCUT2D eigenvalue weighted by Crippen LogP contribution is -2.51. The number of hydrogen-bond acceptors (Lipinski definition) is 3. The molecular formula is C13H17NO3. The van der Waals surface area contributed by atoms with Crippen LogP contribution in [0.15, 0.2) is 30.3 Å². The first-order valence-electron chi connectivity index (χ1n) is 5.87. The number of rotatable bonds is 3. The third kappa shape index (κ3) is 2.48. The number of hydrogen-bond donors (Lipinski definition) is 1. The molecule has 1 aliphatic rings. The summed E-state index contributed by atoms with van der Waals surface area (Å²) in [7, 11) is 0. The van der Waals surface area contributed by atoms with Gasteiger partial charge >= 0.3 is 5.97 Å². The lowest BCUT2D eigenvalue weighted by molar-refractivity contribution is -0.157. The molecule has 1 N–H and O–H groups in total. The van der Waals surface area contributed by atoms with E-state index in [1.807, 2.05) is 42.2 Å². The maximum atomic E-state index is 11.4. The summed E-state index contributed by atoms with van der Waals surface area (Å²) >= 11 is 0. The van der Waals surface area contributed by atoms with Crippen molar-refractivity contribution in [1.29, 1.82) is 0 Å². The van der Waals surface area contributed by atoms with Gasteiger partial charge in [-0.3, -0.25) is 9.69 Å². The van der Waals surface area contributed by atoms with Crippen LogP contribution in [0.3, 0.4) is 0 Å². The molecule has 92 valence electrons. The van der Waals surface area contributed by atoms with E-state index in [1.165, 1.54) is 0 Å². The molecule has 2 rings (SSSR count). The smallest absolute Gasteiger partial charge is 0.324 e. The van der Waals surface area contributed by atoms with E-state index in [2.05, 4.69) is 0 Å². The minimum absolute atomic E-state index is 0.373. The highest BCUT2D eigenvalue weighted by atomic mass is 16.5. The zero-order valence-corrected chi connectivity index (χ0v) is 9.87. The molecule has 0 aliphatic carbocycles. The van der Waals surface area contributed by atoms with E-state index >= 15 is 0 Å². The molecule has 1 saturated heterocycles. The molecule has 1 aromatic rings. The molecular weight excluding hydrogens is 218 g/mol. The van der Waals surface area contributed by atoms with Gasteiger partial charge in [0.05, 0.1) is 6.61 Å². The fourth-order valence-corrected chi connectivity index (χ4v) is 2.28. The zero-order chi connectivity index (χ0) is 12.3. The second-order valence-corrected chi connectivity index (χ2v) is 4.11. The zero-order valence-electron chi connectivity index (χ0n) is 9.87. The van der Waals surface area contributed by atoms with Crippen LogP contribution < -0.4 is 0 Å². The molecule has 1 fully saturated rings. The maximum absolute atomic E-state index is 11.4. The third-order valence-electron chi connectivity index (χ3n) is 3.14. The van der Waals surface area contributed by atoms with E-state index in [0.29, 0.717) is 13.2 Å². The van der Waals surface area contributed by atoms with E-state index in [0.717, 1.165) is 12.1 Å². The number of likely N-dealkylation sites (N-methyl/N-ethyl adjacent to an activating group) is 1. The minimum Gasteiger partial charge on any atom is -0.480 e. The molecule has 0 saturated carbocycles. The van der Waals surface area contributed by atoms with Crippen LogP contribution in [0.4, 0.5) is 0 Å².